The molecule has 0 aliphatic rings. The maximum Gasteiger partial charge on any atom is 0.238 e. The highest BCUT2D eigenvalue weighted by atomic mass is 35.5. The van der Waals surface area contributed by atoms with Crippen LogP contribution >= 0.6 is 11.6 Å². The quantitative estimate of drug-likeness (QED) is 0.919. The second-order valence-corrected chi connectivity index (χ2v) is 4.56. The molecule has 2 rings (SSSR count). The van der Waals surface area contributed by atoms with Crippen LogP contribution in [-0.2, 0) is 6.54 Å². The molecule has 0 fully saturated rings. The second-order valence-electron chi connectivity index (χ2n) is 4.16. The fraction of sp³-hybridized carbons (Fsp3) is 0.214. The van der Waals surface area contributed by atoms with Gasteiger partial charge in [0, 0.05) is 12.7 Å². The summed E-state index contributed by atoms with van der Waals surface area (Å²) < 4.78 is 5.79. The molecule has 4 heteroatoms. The van der Waals surface area contributed by atoms with Gasteiger partial charge in [-0.3, -0.25) is 0 Å². The Hall–Kier alpha value is -1.58. The third kappa shape index (κ3) is 2.63. The van der Waals surface area contributed by atoms with E-state index in [0.29, 0.717) is 17.4 Å². The minimum Gasteiger partial charge on any atom is -0.437 e. The number of ether oxygens (including phenoxy) is 1. The van der Waals surface area contributed by atoms with E-state index in [4.69, 9.17) is 22.1 Å². The third-order valence-electron chi connectivity index (χ3n) is 2.68. The minimum atomic E-state index is 0.422. The Morgan fingerprint density at radius 3 is 2.50 bits per heavy atom. The lowest BCUT2D eigenvalue weighted by Crippen LogP contribution is -2.00. The molecule has 3 nitrogen and oxygen atoms in total. The maximum absolute atomic E-state index is 6.03. The Kier molecular flexibility index (Phi) is 3.84. The summed E-state index contributed by atoms with van der Waals surface area (Å²) in [6.07, 6.45) is 1.65. The molecule has 1 aromatic heterocycles. The van der Waals surface area contributed by atoms with E-state index in [0.717, 1.165) is 22.4 Å². The van der Waals surface area contributed by atoms with E-state index in [1.54, 1.807) is 18.3 Å². The number of rotatable bonds is 3. The van der Waals surface area contributed by atoms with Crippen LogP contribution in [0.15, 0.2) is 30.5 Å². The van der Waals surface area contributed by atoms with Gasteiger partial charge in [0.05, 0.1) is 0 Å². The first kappa shape index (κ1) is 12.9. The van der Waals surface area contributed by atoms with Gasteiger partial charge in [0.25, 0.3) is 0 Å². The summed E-state index contributed by atoms with van der Waals surface area (Å²) in [4.78, 5) is 4.12. The maximum atomic E-state index is 6.03. The first-order valence-corrected chi connectivity index (χ1v) is 6.08. The zero-order valence-corrected chi connectivity index (χ0v) is 11.2. The van der Waals surface area contributed by atoms with Gasteiger partial charge in [0.2, 0.25) is 5.88 Å². The lowest BCUT2D eigenvalue weighted by molar-refractivity contribution is 0.456. The van der Waals surface area contributed by atoms with Crippen LogP contribution in [0.5, 0.6) is 11.6 Å². The SMILES string of the molecule is Cc1cc(CN)cc(C)c1Oc1ncccc1Cl. The number of hydrogen-bond acceptors (Lipinski definition) is 3. The number of nitrogens with zero attached hydrogens (tertiary/aromatic N) is 1. The Balaban J connectivity index is 2.38. The molecule has 1 heterocycles. The minimum absolute atomic E-state index is 0.422. The monoisotopic (exact) mass is 262 g/mol. The van der Waals surface area contributed by atoms with E-state index in [2.05, 4.69) is 4.98 Å². The molecule has 0 spiro atoms. The molecule has 0 amide bonds. The summed E-state index contributed by atoms with van der Waals surface area (Å²) in [6.45, 7) is 4.49. The van der Waals surface area contributed by atoms with Crippen molar-refractivity contribution in [1.29, 1.82) is 0 Å². The van der Waals surface area contributed by atoms with Crippen molar-refractivity contribution < 1.29 is 4.74 Å². The van der Waals surface area contributed by atoms with Crippen molar-refractivity contribution in [2.75, 3.05) is 0 Å². The number of aromatic nitrogens is 1. The second kappa shape index (κ2) is 5.38. The van der Waals surface area contributed by atoms with Gasteiger partial charge < -0.3 is 10.5 Å². The summed E-state index contributed by atoms with van der Waals surface area (Å²) >= 11 is 6.03. The van der Waals surface area contributed by atoms with E-state index >= 15 is 0 Å². The largest absolute Gasteiger partial charge is 0.437 e. The summed E-state index contributed by atoms with van der Waals surface area (Å²) in [5.41, 5.74) is 8.78. The standard InChI is InChI=1S/C14H15ClN2O/c1-9-6-11(8-16)7-10(2)13(9)18-14-12(15)4-3-5-17-14/h3-7H,8,16H2,1-2H3. The van der Waals surface area contributed by atoms with Crippen LogP contribution in [0, 0.1) is 13.8 Å². The number of halogens is 1. The van der Waals surface area contributed by atoms with Crippen LogP contribution in [0.25, 0.3) is 0 Å². The predicted molar refractivity (Wildman–Crippen MR) is 73.1 cm³/mol. The third-order valence-corrected chi connectivity index (χ3v) is 2.97. The molecule has 0 saturated carbocycles. The number of hydrogen-bond donors (Lipinski definition) is 1. The summed E-state index contributed by atoms with van der Waals surface area (Å²) in [5, 5.41) is 0.499. The molecule has 18 heavy (non-hydrogen) atoms. The van der Waals surface area contributed by atoms with E-state index in [-0.39, 0.29) is 0 Å². The van der Waals surface area contributed by atoms with Crippen LogP contribution in [0.4, 0.5) is 0 Å². The Morgan fingerprint density at radius 1 is 1.28 bits per heavy atom. The van der Waals surface area contributed by atoms with E-state index in [1.165, 1.54) is 0 Å². The van der Waals surface area contributed by atoms with Crippen LogP contribution in [0.1, 0.15) is 16.7 Å². The van der Waals surface area contributed by atoms with Gasteiger partial charge in [-0.2, -0.15) is 0 Å². The van der Waals surface area contributed by atoms with E-state index < -0.39 is 0 Å². The Morgan fingerprint density at radius 2 is 1.94 bits per heavy atom. The number of pyridine rings is 1. The molecular formula is C14H15ClN2O. The van der Waals surface area contributed by atoms with Crippen LogP contribution in [-0.4, -0.2) is 4.98 Å². The Bertz CT molecular complexity index is 546. The molecule has 0 saturated heterocycles. The summed E-state index contributed by atoms with van der Waals surface area (Å²) in [5.74, 6) is 1.21. The number of benzene rings is 1. The highest BCUT2D eigenvalue weighted by molar-refractivity contribution is 6.31. The lowest BCUT2D eigenvalue weighted by Gasteiger charge is -2.13. The van der Waals surface area contributed by atoms with Gasteiger partial charge in [-0.1, -0.05) is 23.7 Å². The molecule has 2 aromatic rings. The zero-order valence-electron chi connectivity index (χ0n) is 10.4. The smallest absolute Gasteiger partial charge is 0.238 e. The predicted octanol–water partition coefficient (Wildman–Crippen LogP) is 3.60. The van der Waals surface area contributed by atoms with Crippen molar-refractivity contribution in [3.63, 3.8) is 0 Å². The first-order valence-electron chi connectivity index (χ1n) is 5.70. The summed E-state index contributed by atoms with van der Waals surface area (Å²) in [7, 11) is 0. The number of aryl methyl sites for hydroxylation is 2. The molecule has 0 bridgehead atoms. The van der Waals surface area contributed by atoms with Crippen molar-refractivity contribution in [1.82, 2.24) is 4.98 Å². The van der Waals surface area contributed by atoms with Gasteiger partial charge >= 0.3 is 0 Å². The van der Waals surface area contributed by atoms with Crippen molar-refractivity contribution in [2.45, 2.75) is 20.4 Å². The lowest BCUT2D eigenvalue weighted by atomic mass is 10.1. The summed E-state index contributed by atoms with van der Waals surface area (Å²) in [6, 6.07) is 7.55. The molecule has 0 aliphatic carbocycles. The Labute approximate surface area is 112 Å². The molecule has 0 atom stereocenters. The zero-order chi connectivity index (χ0) is 13.1. The highest BCUT2D eigenvalue weighted by Crippen LogP contribution is 2.32. The first-order chi connectivity index (χ1) is 8.61. The molecule has 94 valence electrons. The van der Waals surface area contributed by atoms with Gasteiger partial charge in [-0.25, -0.2) is 4.98 Å². The van der Waals surface area contributed by atoms with Gasteiger partial charge in [-0.05, 0) is 42.7 Å². The van der Waals surface area contributed by atoms with E-state index in [1.807, 2.05) is 26.0 Å². The highest BCUT2D eigenvalue weighted by Gasteiger charge is 2.10. The average molecular weight is 263 g/mol. The van der Waals surface area contributed by atoms with Crippen molar-refractivity contribution in [3.8, 4) is 11.6 Å². The molecule has 0 unspecified atom stereocenters. The van der Waals surface area contributed by atoms with Crippen LogP contribution < -0.4 is 10.5 Å². The van der Waals surface area contributed by atoms with Crippen molar-refractivity contribution >= 4 is 11.6 Å². The average Bonchev–Trinajstić information content (AvgIpc) is 2.35. The number of nitrogens with two attached hydrogens (primary N) is 1. The van der Waals surface area contributed by atoms with Crippen LogP contribution in [0.3, 0.4) is 0 Å². The van der Waals surface area contributed by atoms with E-state index in [9.17, 15) is 0 Å². The normalized spacial score (nSPS) is 10.4. The molecule has 0 aliphatic heterocycles. The topological polar surface area (TPSA) is 48.1 Å². The fourth-order valence-electron chi connectivity index (χ4n) is 1.86. The molecular weight excluding hydrogens is 248 g/mol. The fourth-order valence-corrected chi connectivity index (χ4v) is 2.02. The van der Waals surface area contributed by atoms with Gasteiger partial charge in [0.15, 0.2) is 0 Å². The molecule has 2 N–H and O–H groups in total. The molecule has 1 aromatic carbocycles. The van der Waals surface area contributed by atoms with Crippen LogP contribution in [0.2, 0.25) is 5.02 Å². The van der Waals surface area contributed by atoms with Gasteiger partial charge in [-0.15, -0.1) is 0 Å². The van der Waals surface area contributed by atoms with Gasteiger partial charge in [0.1, 0.15) is 10.8 Å². The van der Waals surface area contributed by atoms with Crippen molar-refractivity contribution in [3.05, 3.63) is 52.2 Å². The van der Waals surface area contributed by atoms with Crippen molar-refractivity contribution in [2.24, 2.45) is 5.73 Å². The molecule has 0 radical (unpaired) electrons.